The molecule has 0 unspecified atom stereocenters. The molecule has 0 spiro atoms. The number of carbonyl (C=O) groups is 1. The maximum Gasteiger partial charge on any atom is 0.419 e. The highest BCUT2D eigenvalue weighted by atomic mass is 32.2. The van der Waals surface area contributed by atoms with Crippen LogP contribution in [0.1, 0.15) is 69.6 Å². The zero-order chi connectivity index (χ0) is 33.3. The van der Waals surface area contributed by atoms with Gasteiger partial charge in [-0.05, 0) is 25.0 Å². The molecule has 1 aliphatic rings. The second-order valence-corrected chi connectivity index (χ2v) is 12.2. The number of unbranched alkanes of at least 4 members (excludes halogenated alkanes) is 7. The van der Waals surface area contributed by atoms with E-state index in [1.165, 1.54) is 35.4 Å². The van der Waals surface area contributed by atoms with Crippen LogP contribution in [0, 0.1) is 0 Å². The molecule has 2 aromatic heterocycles. The Morgan fingerprint density at radius 1 is 1.00 bits per heavy atom. The standard InChI is InChI=1S/C28H37F3N6O8S/c29-28(30,31)18-11-8-9-12-19(18)43-14-10-6-4-2-1-3-5-7-13-21(38)36-46(41,42)44-15-20-23(39)24(40)27(45-20)37-17-35-22-25(32)33-16-34-26(22)37/h8-9,11-12,16-17,20,23-24,27,39-40H,1-7,10,13-15H2,(H,36,38)(H2,32,33,34)/t20-,23-,24-,27-/m1/s1. The van der Waals surface area contributed by atoms with E-state index in [1.807, 2.05) is 4.72 Å². The van der Waals surface area contributed by atoms with Crippen molar-refractivity contribution in [2.24, 2.45) is 0 Å². The fourth-order valence-electron chi connectivity index (χ4n) is 4.99. The summed E-state index contributed by atoms with van der Waals surface area (Å²) in [5.74, 6) is -0.815. The minimum atomic E-state index is -4.51. The molecule has 1 amide bonds. The first kappa shape index (κ1) is 35.3. The molecule has 18 heteroatoms. The fourth-order valence-corrected chi connectivity index (χ4v) is 5.74. The highest BCUT2D eigenvalue weighted by molar-refractivity contribution is 7.85. The Morgan fingerprint density at radius 2 is 1.67 bits per heavy atom. The number of benzene rings is 1. The molecule has 254 valence electrons. The molecular weight excluding hydrogens is 637 g/mol. The molecule has 4 rings (SSSR count). The Hall–Kier alpha value is -3.58. The maximum atomic E-state index is 13.0. The van der Waals surface area contributed by atoms with Gasteiger partial charge in [-0.2, -0.15) is 21.6 Å². The third kappa shape index (κ3) is 9.47. The summed E-state index contributed by atoms with van der Waals surface area (Å²) in [5.41, 5.74) is 5.48. The number of halogens is 3. The number of imidazole rings is 1. The van der Waals surface area contributed by atoms with Crippen molar-refractivity contribution < 1.29 is 50.3 Å². The maximum absolute atomic E-state index is 13.0. The summed E-state index contributed by atoms with van der Waals surface area (Å²) < 4.78 is 82.5. The number of amides is 1. The van der Waals surface area contributed by atoms with E-state index in [4.69, 9.17) is 19.4 Å². The van der Waals surface area contributed by atoms with Crippen LogP contribution < -0.4 is 15.2 Å². The normalized spacial score (nSPS) is 20.3. The lowest BCUT2D eigenvalue weighted by molar-refractivity contribution is -0.139. The summed E-state index contributed by atoms with van der Waals surface area (Å²) in [6, 6.07) is 5.12. The van der Waals surface area contributed by atoms with Crippen LogP contribution in [0.5, 0.6) is 5.75 Å². The number of carbonyl (C=O) groups excluding carboxylic acids is 1. The quantitative estimate of drug-likeness (QED) is 0.153. The number of aliphatic hydroxyl groups is 2. The van der Waals surface area contributed by atoms with Crippen molar-refractivity contribution >= 4 is 33.2 Å². The summed E-state index contributed by atoms with van der Waals surface area (Å²) in [6.45, 7) is -0.478. The molecule has 1 saturated heterocycles. The van der Waals surface area contributed by atoms with Crippen LogP contribution in [0.3, 0.4) is 0 Å². The van der Waals surface area contributed by atoms with E-state index in [1.54, 1.807) is 0 Å². The molecule has 3 heterocycles. The molecule has 3 aromatic rings. The first-order valence-corrected chi connectivity index (χ1v) is 16.2. The first-order valence-electron chi connectivity index (χ1n) is 14.8. The van der Waals surface area contributed by atoms with Crippen molar-refractivity contribution in [3.05, 3.63) is 42.5 Å². The van der Waals surface area contributed by atoms with Crippen LogP contribution in [0.25, 0.3) is 11.2 Å². The number of nitrogens with one attached hydrogen (secondary N) is 1. The largest absolute Gasteiger partial charge is 0.493 e. The molecule has 1 aromatic carbocycles. The summed E-state index contributed by atoms with van der Waals surface area (Å²) in [5, 5.41) is 20.9. The number of para-hydroxylation sites is 1. The zero-order valence-electron chi connectivity index (χ0n) is 24.8. The number of alkyl halides is 3. The highest BCUT2D eigenvalue weighted by Gasteiger charge is 2.45. The number of hydrogen-bond donors (Lipinski definition) is 4. The second-order valence-electron chi connectivity index (χ2n) is 10.8. The van der Waals surface area contributed by atoms with Gasteiger partial charge < -0.3 is 25.4 Å². The number of nitrogens with zero attached hydrogens (tertiary/aromatic N) is 4. The van der Waals surface area contributed by atoms with Crippen molar-refractivity contribution in [1.29, 1.82) is 0 Å². The Bertz CT molecular complexity index is 1560. The van der Waals surface area contributed by atoms with Gasteiger partial charge in [0.1, 0.15) is 35.9 Å². The third-order valence-electron chi connectivity index (χ3n) is 7.37. The Balaban J connectivity index is 1.06. The van der Waals surface area contributed by atoms with Gasteiger partial charge in [0.2, 0.25) is 5.91 Å². The van der Waals surface area contributed by atoms with Crippen LogP contribution in [-0.4, -0.2) is 75.6 Å². The number of hydrogen-bond acceptors (Lipinski definition) is 12. The number of nitrogen functional groups attached to an aromatic ring is 1. The van der Waals surface area contributed by atoms with E-state index in [0.717, 1.165) is 38.2 Å². The number of anilines is 1. The lowest BCUT2D eigenvalue weighted by atomic mass is 10.1. The number of nitrogens with two attached hydrogens (primary N) is 1. The SMILES string of the molecule is Nc1ncnc2c1ncn2[C@@H]1O[C@H](COS(=O)(=O)NC(=O)CCCCCCCCCCOc2ccccc2C(F)(F)F)[C@@H](O)[C@H]1O. The van der Waals surface area contributed by atoms with Gasteiger partial charge in [-0.25, -0.2) is 19.7 Å². The van der Waals surface area contributed by atoms with Crippen LogP contribution in [0.15, 0.2) is 36.9 Å². The van der Waals surface area contributed by atoms with Crippen LogP contribution >= 0.6 is 0 Å². The predicted molar refractivity (Wildman–Crippen MR) is 157 cm³/mol. The molecule has 0 bridgehead atoms. The minimum Gasteiger partial charge on any atom is -0.493 e. The number of aliphatic hydroxyl groups excluding tert-OH is 2. The highest BCUT2D eigenvalue weighted by Crippen LogP contribution is 2.36. The van der Waals surface area contributed by atoms with E-state index in [-0.39, 0.29) is 35.8 Å². The number of fused-ring (bicyclic) bond motifs is 1. The summed E-state index contributed by atoms with van der Waals surface area (Å²) in [4.78, 5) is 24.1. The van der Waals surface area contributed by atoms with Crippen molar-refractivity contribution in [2.75, 3.05) is 18.9 Å². The van der Waals surface area contributed by atoms with E-state index in [2.05, 4.69) is 15.0 Å². The molecule has 1 aliphatic heterocycles. The lowest BCUT2D eigenvalue weighted by Crippen LogP contribution is -2.37. The Kier molecular flexibility index (Phi) is 12.1. The topological polar surface area (TPSA) is 201 Å². The number of rotatable bonds is 17. The number of aromatic nitrogens is 4. The van der Waals surface area contributed by atoms with Gasteiger partial charge in [-0.1, -0.05) is 50.7 Å². The molecule has 1 fully saturated rings. The van der Waals surface area contributed by atoms with Gasteiger partial charge in [0, 0.05) is 6.42 Å². The van der Waals surface area contributed by atoms with E-state index in [9.17, 15) is 36.6 Å². The fraction of sp³-hybridized carbons (Fsp3) is 0.571. The van der Waals surface area contributed by atoms with Crippen molar-refractivity contribution in [2.45, 2.75) is 88.5 Å². The minimum absolute atomic E-state index is 0.0403. The van der Waals surface area contributed by atoms with Crippen LogP contribution in [0.2, 0.25) is 0 Å². The monoisotopic (exact) mass is 674 g/mol. The first-order chi connectivity index (χ1) is 21.9. The van der Waals surface area contributed by atoms with E-state index < -0.39 is 59.1 Å². The Morgan fingerprint density at radius 3 is 2.39 bits per heavy atom. The molecule has 0 radical (unpaired) electrons. The molecule has 4 atom stereocenters. The lowest BCUT2D eigenvalue weighted by Gasteiger charge is -2.16. The van der Waals surface area contributed by atoms with Gasteiger partial charge in [0.25, 0.3) is 0 Å². The van der Waals surface area contributed by atoms with Gasteiger partial charge in [-0.3, -0.25) is 13.5 Å². The van der Waals surface area contributed by atoms with E-state index in [0.29, 0.717) is 19.3 Å². The second kappa shape index (κ2) is 15.8. The summed E-state index contributed by atoms with van der Waals surface area (Å²) in [6.07, 6.45) is -1.29. The summed E-state index contributed by atoms with van der Waals surface area (Å²) in [7, 11) is -4.51. The molecule has 5 N–H and O–H groups in total. The van der Waals surface area contributed by atoms with Crippen molar-refractivity contribution in [1.82, 2.24) is 24.2 Å². The smallest absolute Gasteiger partial charge is 0.419 e. The molecule has 46 heavy (non-hydrogen) atoms. The average Bonchev–Trinajstić information content (AvgIpc) is 3.55. The molecule has 14 nitrogen and oxygen atoms in total. The van der Waals surface area contributed by atoms with Gasteiger partial charge >= 0.3 is 16.5 Å². The summed E-state index contributed by atoms with van der Waals surface area (Å²) >= 11 is 0. The van der Waals surface area contributed by atoms with Gasteiger partial charge in [-0.15, -0.1) is 0 Å². The molecule has 0 saturated carbocycles. The Labute approximate surface area is 263 Å². The molecular formula is C28H37F3N6O8S. The number of ether oxygens (including phenoxy) is 2. The molecule has 0 aliphatic carbocycles. The van der Waals surface area contributed by atoms with Crippen LogP contribution in [0.4, 0.5) is 19.0 Å². The third-order valence-corrected chi connectivity index (χ3v) is 8.30. The van der Waals surface area contributed by atoms with Crippen LogP contribution in [-0.2, 0) is 30.2 Å². The predicted octanol–water partition coefficient (Wildman–Crippen LogP) is 3.01. The zero-order valence-corrected chi connectivity index (χ0v) is 25.6. The van der Waals surface area contributed by atoms with E-state index >= 15 is 0 Å². The van der Waals surface area contributed by atoms with Crippen molar-refractivity contribution in [3.8, 4) is 5.75 Å². The van der Waals surface area contributed by atoms with Gasteiger partial charge in [0.05, 0.1) is 25.1 Å². The van der Waals surface area contributed by atoms with Gasteiger partial charge in [0.15, 0.2) is 17.7 Å². The van der Waals surface area contributed by atoms with Crippen molar-refractivity contribution in [3.63, 3.8) is 0 Å². The average molecular weight is 675 g/mol.